The fraction of sp³-hybridized carbons (Fsp3) is 0.462. The Morgan fingerprint density at radius 1 is 1.42 bits per heavy atom. The van der Waals surface area contributed by atoms with E-state index in [1.165, 1.54) is 12.1 Å². The zero-order valence-corrected chi connectivity index (χ0v) is 11.0. The molecule has 0 fully saturated rings. The summed E-state index contributed by atoms with van der Waals surface area (Å²) in [5.41, 5.74) is 5.17. The number of nitrogens with zero attached hydrogens (tertiary/aromatic N) is 1. The summed E-state index contributed by atoms with van der Waals surface area (Å²) in [7, 11) is 0. The summed E-state index contributed by atoms with van der Waals surface area (Å²) in [4.78, 5) is 13.1. The van der Waals surface area contributed by atoms with Crippen LogP contribution in [0.25, 0.3) is 0 Å². The second-order valence-electron chi connectivity index (χ2n) is 4.05. The Bertz CT molecular complexity index is 423. The highest BCUT2D eigenvalue weighted by molar-refractivity contribution is 5.95. The summed E-state index contributed by atoms with van der Waals surface area (Å²) in [5.74, 6) is -0.375. The minimum atomic E-state index is -0.696. The van der Waals surface area contributed by atoms with E-state index >= 15 is 0 Å². The molecule has 1 aromatic rings. The van der Waals surface area contributed by atoms with E-state index < -0.39 is 5.91 Å². The van der Waals surface area contributed by atoms with Crippen molar-refractivity contribution in [2.24, 2.45) is 5.73 Å². The smallest absolute Gasteiger partial charge is 0.252 e. The highest BCUT2D eigenvalue weighted by Crippen LogP contribution is 2.22. The molecule has 0 saturated carbocycles. The van der Waals surface area contributed by atoms with E-state index in [0.717, 1.165) is 6.54 Å². The fourth-order valence-corrected chi connectivity index (χ4v) is 1.66. The largest absolute Gasteiger partial charge is 0.507 e. The lowest BCUT2D eigenvalue weighted by Gasteiger charge is -2.19. The van der Waals surface area contributed by atoms with Gasteiger partial charge in [0.1, 0.15) is 18.1 Å². The zero-order chi connectivity index (χ0) is 14.3. The molecule has 4 N–H and O–H groups in total. The van der Waals surface area contributed by atoms with E-state index in [1.807, 2.05) is 11.8 Å². The molecule has 0 saturated heterocycles. The lowest BCUT2D eigenvalue weighted by molar-refractivity contribution is 0.0997. The highest BCUT2D eigenvalue weighted by Gasteiger charge is 2.09. The molecule has 19 heavy (non-hydrogen) atoms. The van der Waals surface area contributed by atoms with Gasteiger partial charge in [-0.25, -0.2) is 0 Å². The Kier molecular flexibility index (Phi) is 6.11. The van der Waals surface area contributed by atoms with E-state index in [0.29, 0.717) is 25.4 Å². The van der Waals surface area contributed by atoms with Gasteiger partial charge in [-0.15, -0.1) is 0 Å². The van der Waals surface area contributed by atoms with Crippen LogP contribution < -0.4 is 10.5 Å². The normalized spacial score (nSPS) is 10.7. The molecule has 0 aliphatic heterocycles. The maximum atomic E-state index is 11.1. The van der Waals surface area contributed by atoms with Crippen LogP contribution in [0.3, 0.4) is 0 Å². The second-order valence-corrected chi connectivity index (χ2v) is 4.05. The molecule has 0 heterocycles. The SMILES string of the molecule is CCN(CCO)CCOc1ccc(O)c(C(N)=O)c1. The lowest BCUT2D eigenvalue weighted by Crippen LogP contribution is -2.30. The van der Waals surface area contributed by atoms with Crippen LogP contribution >= 0.6 is 0 Å². The van der Waals surface area contributed by atoms with Gasteiger partial charge in [0.25, 0.3) is 5.91 Å². The number of rotatable bonds is 8. The van der Waals surface area contributed by atoms with Gasteiger partial charge in [-0.1, -0.05) is 6.92 Å². The average Bonchev–Trinajstić information content (AvgIpc) is 2.39. The standard InChI is InChI=1S/C13H20N2O4/c1-2-15(5-7-16)6-8-19-10-3-4-12(17)11(9-10)13(14)18/h3-4,9,16-17H,2,5-8H2,1H3,(H2,14,18). The van der Waals surface area contributed by atoms with Gasteiger partial charge in [-0.05, 0) is 24.7 Å². The highest BCUT2D eigenvalue weighted by atomic mass is 16.5. The molecule has 6 nitrogen and oxygen atoms in total. The minimum absolute atomic E-state index is 0.0419. The van der Waals surface area contributed by atoms with E-state index in [4.69, 9.17) is 15.6 Å². The molecule has 1 rings (SSSR count). The number of hydrogen-bond acceptors (Lipinski definition) is 5. The van der Waals surface area contributed by atoms with Crippen molar-refractivity contribution in [3.05, 3.63) is 23.8 Å². The van der Waals surface area contributed by atoms with Gasteiger partial charge in [0.2, 0.25) is 0 Å². The Morgan fingerprint density at radius 3 is 2.74 bits per heavy atom. The number of hydrogen-bond donors (Lipinski definition) is 3. The molecule has 0 aromatic heterocycles. The van der Waals surface area contributed by atoms with Crippen LogP contribution in [0.5, 0.6) is 11.5 Å². The maximum Gasteiger partial charge on any atom is 0.252 e. The molecule has 0 aliphatic carbocycles. The lowest BCUT2D eigenvalue weighted by atomic mass is 10.2. The maximum absolute atomic E-state index is 11.1. The number of carbonyl (C=O) groups is 1. The zero-order valence-electron chi connectivity index (χ0n) is 11.0. The predicted molar refractivity (Wildman–Crippen MR) is 71.3 cm³/mol. The number of primary amides is 1. The van der Waals surface area contributed by atoms with Crippen LogP contribution in [0.15, 0.2) is 18.2 Å². The van der Waals surface area contributed by atoms with Crippen LogP contribution in [-0.4, -0.2) is 53.9 Å². The minimum Gasteiger partial charge on any atom is -0.507 e. The third kappa shape index (κ3) is 4.76. The number of amides is 1. The number of likely N-dealkylation sites (N-methyl/N-ethyl adjacent to an activating group) is 1. The summed E-state index contributed by atoms with van der Waals surface area (Å²) < 4.78 is 5.49. The Morgan fingerprint density at radius 2 is 2.16 bits per heavy atom. The first-order valence-electron chi connectivity index (χ1n) is 6.17. The third-order valence-corrected chi connectivity index (χ3v) is 2.77. The first-order chi connectivity index (χ1) is 9.08. The Balaban J connectivity index is 2.54. The number of benzene rings is 1. The van der Waals surface area contributed by atoms with Crippen molar-refractivity contribution >= 4 is 5.91 Å². The fourth-order valence-electron chi connectivity index (χ4n) is 1.66. The first-order valence-corrected chi connectivity index (χ1v) is 6.17. The van der Waals surface area contributed by atoms with Crippen LogP contribution in [0.4, 0.5) is 0 Å². The van der Waals surface area contributed by atoms with Gasteiger partial charge in [0, 0.05) is 13.1 Å². The van der Waals surface area contributed by atoms with Gasteiger partial charge in [-0.2, -0.15) is 0 Å². The molecular weight excluding hydrogens is 248 g/mol. The summed E-state index contributed by atoms with van der Waals surface area (Å²) >= 11 is 0. The monoisotopic (exact) mass is 268 g/mol. The van der Waals surface area contributed by atoms with Crippen molar-refractivity contribution in [2.45, 2.75) is 6.92 Å². The number of ether oxygens (including phenoxy) is 1. The topological polar surface area (TPSA) is 96.0 Å². The van der Waals surface area contributed by atoms with Crippen molar-refractivity contribution < 1.29 is 19.7 Å². The van der Waals surface area contributed by atoms with E-state index in [2.05, 4.69) is 0 Å². The van der Waals surface area contributed by atoms with Crippen LogP contribution in [0, 0.1) is 0 Å². The summed E-state index contributed by atoms with van der Waals surface area (Å²) in [5, 5.41) is 18.3. The van der Waals surface area contributed by atoms with Crippen molar-refractivity contribution in [3.63, 3.8) is 0 Å². The molecule has 0 bridgehead atoms. The molecule has 0 aliphatic rings. The third-order valence-electron chi connectivity index (χ3n) is 2.77. The van der Waals surface area contributed by atoms with Gasteiger partial charge in [-0.3, -0.25) is 9.69 Å². The molecule has 0 unspecified atom stereocenters. The summed E-state index contributed by atoms with van der Waals surface area (Å²) in [6.45, 7) is 4.63. The van der Waals surface area contributed by atoms with Gasteiger partial charge < -0.3 is 20.7 Å². The molecule has 0 radical (unpaired) electrons. The number of aliphatic hydroxyl groups is 1. The van der Waals surface area contributed by atoms with Crippen molar-refractivity contribution in [2.75, 3.05) is 32.8 Å². The first kappa shape index (κ1) is 15.3. The number of carbonyl (C=O) groups excluding carboxylic acids is 1. The second kappa shape index (κ2) is 7.60. The van der Waals surface area contributed by atoms with Crippen LogP contribution in [0.1, 0.15) is 17.3 Å². The summed E-state index contributed by atoms with van der Waals surface area (Å²) in [6, 6.07) is 4.37. The molecule has 106 valence electrons. The van der Waals surface area contributed by atoms with Crippen molar-refractivity contribution in [1.82, 2.24) is 4.90 Å². The van der Waals surface area contributed by atoms with Gasteiger partial charge in [0.15, 0.2) is 0 Å². The summed E-state index contributed by atoms with van der Waals surface area (Å²) in [6.07, 6.45) is 0. The van der Waals surface area contributed by atoms with E-state index in [-0.39, 0.29) is 17.9 Å². The Labute approximate surface area is 112 Å². The van der Waals surface area contributed by atoms with E-state index in [9.17, 15) is 9.90 Å². The van der Waals surface area contributed by atoms with Crippen molar-refractivity contribution in [3.8, 4) is 11.5 Å². The van der Waals surface area contributed by atoms with Gasteiger partial charge in [0.05, 0.1) is 12.2 Å². The molecule has 0 atom stereocenters. The average molecular weight is 268 g/mol. The number of aromatic hydroxyl groups is 1. The Hall–Kier alpha value is -1.79. The van der Waals surface area contributed by atoms with E-state index in [1.54, 1.807) is 6.07 Å². The molecular formula is C13H20N2O4. The number of phenols is 1. The number of nitrogens with two attached hydrogens (primary N) is 1. The molecule has 1 amide bonds. The van der Waals surface area contributed by atoms with Crippen molar-refractivity contribution in [1.29, 1.82) is 0 Å². The van der Waals surface area contributed by atoms with Crippen LogP contribution in [-0.2, 0) is 0 Å². The van der Waals surface area contributed by atoms with Crippen LogP contribution in [0.2, 0.25) is 0 Å². The quantitative estimate of drug-likeness (QED) is 0.625. The molecule has 6 heteroatoms. The van der Waals surface area contributed by atoms with Gasteiger partial charge >= 0.3 is 0 Å². The molecule has 1 aromatic carbocycles. The predicted octanol–water partition coefficient (Wildman–Crippen LogP) is 0.184. The molecule has 0 spiro atoms. The number of aliphatic hydroxyl groups excluding tert-OH is 1.